The monoisotopic (exact) mass is 319 g/mol. The lowest BCUT2D eigenvalue weighted by atomic mass is 10.1. The highest BCUT2D eigenvalue weighted by atomic mass is 35.5. The maximum Gasteiger partial charge on any atom is 0.383 e. The number of rotatable bonds is 3. The summed E-state index contributed by atoms with van der Waals surface area (Å²) in [6, 6.07) is 15.2. The minimum atomic E-state index is 0.469. The Morgan fingerprint density at radius 2 is 1.81 bits per heavy atom. The third kappa shape index (κ3) is 2.82. The first-order chi connectivity index (χ1) is 10.2. The van der Waals surface area contributed by atoms with Gasteiger partial charge in [0.15, 0.2) is 0 Å². The van der Waals surface area contributed by atoms with E-state index in [2.05, 4.69) is 0 Å². The summed E-state index contributed by atoms with van der Waals surface area (Å²) in [5.41, 5.74) is 1.54. The Bertz CT molecular complexity index is 786. The van der Waals surface area contributed by atoms with Crippen LogP contribution in [-0.4, -0.2) is 6.61 Å². The molecule has 2 nitrogen and oxygen atoms in total. The van der Waals surface area contributed by atoms with Crippen molar-refractivity contribution in [1.29, 1.82) is 0 Å². The number of hydrogen-bond donors (Lipinski definition) is 0. The third-order valence-corrected chi connectivity index (χ3v) is 3.61. The molecule has 1 heterocycles. The van der Waals surface area contributed by atoms with Crippen LogP contribution in [0.15, 0.2) is 52.9 Å². The van der Waals surface area contributed by atoms with Gasteiger partial charge in [0.2, 0.25) is 0 Å². The number of fused-ring (bicyclic) bond motifs is 1. The molecule has 0 saturated heterocycles. The van der Waals surface area contributed by atoms with Gasteiger partial charge in [-0.2, -0.15) is 0 Å². The second-order valence-electron chi connectivity index (χ2n) is 4.54. The smallest absolute Gasteiger partial charge is 0.383 e. The van der Waals surface area contributed by atoms with Crippen molar-refractivity contribution in [1.82, 2.24) is 0 Å². The fourth-order valence-corrected chi connectivity index (χ4v) is 2.73. The molecule has 0 bridgehead atoms. The van der Waals surface area contributed by atoms with E-state index in [4.69, 9.17) is 32.4 Å². The second-order valence-corrected chi connectivity index (χ2v) is 5.38. The molecule has 0 fully saturated rings. The summed E-state index contributed by atoms with van der Waals surface area (Å²) < 4.78 is 11.7. The quantitative estimate of drug-likeness (QED) is 0.545. The molecule has 0 saturated carbocycles. The van der Waals surface area contributed by atoms with E-state index in [-0.39, 0.29) is 0 Å². The molecule has 0 radical (unpaired) electrons. The summed E-state index contributed by atoms with van der Waals surface area (Å²) in [6.45, 7) is 2.49. The molecule has 106 valence electrons. The van der Waals surface area contributed by atoms with E-state index in [0.717, 1.165) is 10.9 Å². The Morgan fingerprint density at radius 1 is 1.05 bits per heavy atom. The first-order valence-electron chi connectivity index (χ1n) is 6.63. The molecule has 4 heteroatoms. The Kier molecular flexibility index (Phi) is 4.00. The number of halogens is 2. The number of hydrogen-bond acceptors (Lipinski definition) is 1. The lowest BCUT2D eigenvalue weighted by Gasteiger charge is -2.05. The minimum absolute atomic E-state index is 0.469. The van der Waals surface area contributed by atoms with Gasteiger partial charge < -0.3 is 4.74 Å². The van der Waals surface area contributed by atoms with Gasteiger partial charge in [0, 0.05) is 5.02 Å². The second kappa shape index (κ2) is 5.92. The van der Waals surface area contributed by atoms with Gasteiger partial charge in [-0.25, -0.2) is 4.42 Å². The highest BCUT2D eigenvalue weighted by Gasteiger charge is 2.23. The molecular formula is C17H13Cl2O2+. The Labute approximate surface area is 132 Å². The van der Waals surface area contributed by atoms with Gasteiger partial charge in [-0.3, -0.25) is 0 Å². The van der Waals surface area contributed by atoms with Gasteiger partial charge in [-0.15, -0.1) is 0 Å². The van der Waals surface area contributed by atoms with Crippen LogP contribution in [-0.2, 0) is 0 Å². The van der Waals surface area contributed by atoms with Crippen LogP contribution < -0.4 is 4.74 Å². The molecule has 0 atom stereocenters. The molecule has 0 aliphatic heterocycles. The summed E-state index contributed by atoms with van der Waals surface area (Å²) >= 11 is 12.3. The average Bonchev–Trinajstić information content (AvgIpc) is 2.49. The number of ether oxygens (including phenoxy) is 1. The van der Waals surface area contributed by atoms with Gasteiger partial charge in [-0.05, 0) is 31.2 Å². The lowest BCUT2D eigenvalue weighted by Crippen LogP contribution is -1.94. The fraction of sp³-hybridized carbons (Fsp3) is 0.118. The third-order valence-electron chi connectivity index (χ3n) is 3.11. The van der Waals surface area contributed by atoms with Crippen LogP contribution in [0.5, 0.6) is 5.75 Å². The summed E-state index contributed by atoms with van der Waals surface area (Å²) in [7, 11) is 0. The van der Waals surface area contributed by atoms with Crippen LogP contribution in [0.1, 0.15) is 6.92 Å². The van der Waals surface area contributed by atoms with Crippen molar-refractivity contribution < 1.29 is 9.15 Å². The summed E-state index contributed by atoms with van der Waals surface area (Å²) in [6.07, 6.45) is 0. The zero-order chi connectivity index (χ0) is 14.8. The van der Waals surface area contributed by atoms with Crippen molar-refractivity contribution in [3.63, 3.8) is 0 Å². The van der Waals surface area contributed by atoms with Crippen molar-refractivity contribution in [3.8, 4) is 17.1 Å². The Hall–Kier alpha value is -1.77. The molecule has 0 aliphatic rings. The molecule has 0 unspecified atom stereocenters. The summed E-state index contributed by atoms with van der Waals surface area (Å²) in [5, 5.41) is 1.79. The van der Waals surface area contributed by atoms with Gasteiger partial charge in [0.25, 0.3) is 0 Å². The predicted octanol–water partition coefficient (Wildman–Crippen LogP) is 6.09. The van der Waals surface area contributed by atoms with Crippen LogP contribution >= 0.6 is 23.2 Å². The topological polar surface area (TPSA) is 20.5 Å². The van der Waals surface area contributed by atoms with Crippen LogP contribution in [0.25, 0.3) is 22.3 Å². The van der Waals surface area contributed by atoms with Crippen molar-refractivity contribution in [2.75, 3.05) is 6.61 Å². The van der Waals surface area contributed by atoms with Crippen LogP contribution in [0.4, 0.5) is 0 Å². The Balaban J connectivity index is 2.29. The van der Waals surface area contributed by atoms with E-state index in [1.165, 1.54) is 0 Å². The largest absolute Gasteiger partial charge is 0.493 e. The average molecular weight is 320 g/mol. The molecular weight excluding hydrogens is 307 g/mol. The van der Waals surface area contributed by atoms with Crippen molar-refractivity contribution in [3.05, 3.63) is 58.6 Å². The zero-order valence-corrected chi connectivity index (χ0v) is 12.9. The van der Waals surface area contributed by atoms with E-state index < -0.39 is 0 Å². The molecule has 3 rings (SSSR count). The van der Waals surface area contributed by atoms with Gasteiger partial charge in [0.1, 0.15) is 16.2 Å². The molecule has 2 aromatic carbocycles. The Morgan fingerprint density at radius 3 is 2.52 bits per heavy atom. The van der Waals surface area contributed by atoms with Crippen LogP contribution in [0.3, 0.4) is 0 Å². The summed E-state index contributed by atoms with van der Waals surface area (Å²) in [4.78, 5) is 0. The molecule has 0 spiro atoms. The van der Waals surface area contributed by atoms with E-state index in [0.29, 0.717) is 33.7 Å². The van der Waals surface area contributed by atoms with Crippen molar-refractivity contribution in [2.24, 2.45) is 0 Å². The summed E-state index contributed by atoms with van der Waals surface area (Å²) in [5.74, 6) is 1.41. The predicted molar refractivity (Wildman–Crippen MR) is 87.2 cm³/mol. The van der Waals surface area contributed by atoms with Crippen molar-refractivity contribution in [2.45, 2.75) is 6.92 Å². The first-order valence-corrected chi connectivity index (χ1v) is 7.38. The maximum absolute atomic E-state index is 6.26. The molecule has 1 aromatic heterocycles. The molecule has 21 heavy (non-hydrogen) atoms. The molecule has 0 aliphatic carbocycles. The van der Waals surface area contributed by atoms with E-state index in [1.54, 1.807) is 12.1 Å². The molecule has 0 N–H and O–H groups in total. The van der Waals surface area contributed by atoms with E-state index in [1.807, 2.05) is 43.3 Å². The fourth-order valence-electron chi connectivity index (χ4n) is 2.20. The van der Waals surface area contributed by atoms with Crippen molar-refractivity contribution >= 4 is 34.2 Å². The van der Waals surface area contributed by atoms with Crippen LogP contribution in [0, 0.1) is 0 Å². The zero-order valence-electron chi connectivity index (χ0n) is 11.4. The minimum Gasteiger partial charge on any atom is -0.493 e. The molecule has 0 amide bonds. The van der Waals surface area contributed by atoms with E-state index >= 15 is 0 Å². The normalized spacial score (nSPS) is 10.8. The molecule has 3 aromatic rings. The number of benzene rings is 2. The van der Waals surface area contributed by atoms with Gasteiger partial charge in [0.05, 0.1) is 18.2 Å². The van der Waals surface area contributed by atoms with Gasteiger partial charge in [-0.1, -0.05) is 41.4 Å². The standard InChI is InChI=1S/C17H13Cl2O2/c1-2-20-16-10-15(11-6-4-3-5-7-11)21-17-13(16)8-12(18)9-14(17)19/h3-10H,2H2,1H3/q+1. The lowest BCUT2D eigenvalue weighted by molar-refractivity contribution is 0.342. The maximum atomic E-state index is 6.26. The van der Waals surface area contributed by atoms with E-state index in [9.17, 15) is 0 Å². The highest BCUT2D eigenvalue weighted by molar-refractivity contribution is 6.38. The van der Waals surface area contributed by atoms with Gasteiger partial charge >= 0.3 is 11.3 Å². The van der Waals surface area contributed by atoms with Crippen LogP contribution in [0.2, 0.25) is 10.0 Å². The highest BCUT2D eigenvalue weighted by Crippen LogP contribution is 2.37. The SMILES string of the molecule is CCOc1cc(-c2ccccc2)[o+]c2c(Cl)cc(Cl)cc12. The first kappa shape index (κ1) is 14.2.